The molecule has 4 nitrogen and oxygen atoms in total. The van der Waals surface area contributed by atoms with Gasteiger partial charge in [0.1, 0.15) is 9.96 Å². The summed E-state index contributed by atoms with van der Waals surface area (Å²) in [6.45, 7) is 3.85. The number of thiophene rings is 1. The van der Waals surface area contributed by atoms with Gasteiger partial charge in [0.15, 0.2) is 0 Å². The van der Waals surface area contributed by atoms with Gasteiger partial charge in [-0.2, -0.15) is 0 Å². The normalized spacial score (nSPS) is 13.1. The van der Waals surface area contributed by atoms with Crippen LogP contribution in [0, 0.1) is 6.92 Å². The van der Waals surface area contributed by atoms with Crippen LogP contribution in [0.15, 0.2) is 40.6 Å². The summed E-state index contributed by atoms with van der Waals surface area (Å²) in [4.78, 5) is 0.980. The van der Waals surface area contributed by atoms with Gasteiger partial charge in [-0.15, -0.1) is 11.3 Å². The molecular weight excluding hydrogens is 306 g/mol. The number of methoxy groups -OCH3 is 1. The summed E-state index contributed by atoms with van der Waals surface area (Å²) in [7, 11) is -1.87. The molecule has 0 fully saturated rings. The highest BCUT2D eigenvalue weighted by molar-refractivity contribution is 7.91. The van der Waals surface area contributed by atoms with Crippen molar-refractivity contribution >= 4 is 21.4 Å². The minimum Gasteiger partial charge on any atom is -0.497 e. The van der Waals surface area contributed by atoms with Crippen LogP contribution in [-0.2, 0) is 10.0 Å². The van der Waals surface area contributed by atoms with Gasteiger partial charge in [0.2, 0.25) is 0 Å². The molecule has 0 radical (unpaired) electrons. The molecule has 0 amide bonds. The predicted octanol–water partition coefficient (Wildman–Crippen LogP) is 3.49. The smallest absolute Gasteiger partial charge is 0.250 e. The third kappa shape index (κ3) is 3.84. The Balaban J connectivity index is 2.21. The summed E-state index contributed by atoms with van der Waals surface area (Å²) >= 11 is 1.28. The second kappa shape index (κ2) is 6.60. The lowest BCUT2D eigenvalue weighted by Gasteiger charge is -2.17. The monoisotopic (exact) mass is 325 g/mol. The molecule has 0 saturated heterocycles. The lowest BCUT2D eigenvalue weighted by Crippen LogP contribution is -2.27. The highest BCUT2D eigenvalue weighted by Crippen LogP contribution is 2.25. The Morgan fingerprint density at radius 2 is 1.86 bits per heavy atom. The zero-order valence-corrected chi connectivity index (χ0v) is 13.9. The quantitative estimate of drug-likeness (QED) is 0.884. The maximum absolute atomic E-state index is 12.4. The fourth-order valence-corrected chi connectivity index (χ4v) is 4.63. The molecule has 0 saturated carbocycles. The standard InChI is InChI=1S/C15H19NO3S2/c1-4-14(12-6-8-13(19-3)9-7-12)16-21(17,18)15-10-5-11(2)20-15/h5-10,14,16H,4H2,1-3H3. The van der Waals surface area contributed by atoms with Crippen molar-refractivity contribution < 1.29 is 13.2 Å². The second-order valence-corrected chi connectivity index (χ2v) is 7.95. The average Bonchev–Trinajstić information content (AvgIpc) is 2.92. The first-order valence-corrected chi connectivity index (χ1v) is 8.99. The van der Waals surface area contributed by atoms with Gasteiger partial charge in [-0.05, 0) is 43.2 Å². The fraction of sp³-hybridized carbons (Fsp3) is 0.333. The van der Waals surface area contributed by atoms with Gasteiger partial charge in [0.25, 0.3) is 10.0 Å². The molecule has 0 spiro atoms. The maximum atomic E-state index is 12.4. The largest absolute Gasteiger partial charge is 0.497 e. The first-order chi connectivity index (χ1) is 9.96. The molecule has 0 bridgehead atoms. The van der Waals surface area contributed by atoms with Crippen molar-refractivity contribution in [3.8, 4) is 5.75 Å². The van der Waals surface area contributed by atoms with Crippen molar-refractivity contribution in [2.24, 2.45) is 0 Å². The number of rotatable bonds is 6. The molecule has 6 heteroatoms. The highest BCUT2D eigenvalue weighted by atomic mass is 32.2. The first kappa shape index (κ1) is 16.0. The number of sulfonamides is 1. The van der Waals surface area contributed by atoms with Gasteiger partial charge in [0.05, 0.1) is 7.11 Å². The van der Waals surface area contributed by atoms with E-state index in [4.69, 9.17) is 4.74 Å². The molecule has 0 aliphatic carbocycles. The number of hydrogen-bond acceptors (Lipinski definition) is 4. The van der Waals surface area contributed by atoms with Gasteiger partial charge in [0, 0.05) is 10.9 Å². The third-order valence-corrected chi connectivity index (χ3v) is 6.17. The van der Waals surface area contributed by atoms with Crippen LogP contribution in [0.25, 0.3) is 0 Å². The minimum atomic E-state index is -3.48. The molecule has 0 aliphatic heterocycles. The Morgan fingerprint density at radius 3 is 2.33 bits per heavy atom. The van der Waals surface area contributed by atoms with Gasteiger partial charge in [-0.25, -0.2) is 13.1 Å². The van der Waals surface area contributed by atoms with E-state index in [-0.39, 0.29) is 6.04 Å². The summed E-state index contributed by atoms with van der Waals surface area (Å²) in [6.07, 6.45) is 0.677. The van der Waals surface area contributed by atoms with E-state index in [1.54, 1.807) is 13.2 Å². The molecule has 1 unspecified atom stereocenters. The third-order valence-electron chi connectivity index (χ3n) is 3.20. The summed E-state index contributed by atoms with van der Waals surface area (Å²) in [5.74, 6) is 0.755. The molecule has 1 heterocycles. The Bertz CT molecular complexity index is 690. The van der Waals surface area contributed by atoms with Crippen LogP contribution in [0.4, 0.5) is 0 Å². The Kier molecular flexibility index (Phi) is 5.03. The van der Waals surface area contributed by atoms with E-state index in [9.17, 15) is 8.42 Å². The van der Waals surface area contributed by atoms with Crippen LogP contribution < -0.4 is 9.46 Å². The Labute approximate surface area is 129 Å². The molecule has 2 aromatic rings. The van der Waals surface area contributed by atoms with Gasteiger partial charge >= 0.3 is 0 Å². The van der Waals surface area contributed by atoms with Gasteiger partial charge < -0.3 is 4.74 Å². The number of benzene rings is 1. The van der Waals surface area contributed by atoms with E-state index >= 15 is 0 Å². The molecule has 1 aromatic heterocycles. The average molecular weight is 325 g/mol. The van der Waals surface area contributed by atoms with E-state index in [0.29, 0.717) is 10.6 Å². The SMILES string of the molecule is CCC(NS(=O)(=O)c1ccc(C)s1)c1ccc(OC)cc1. The molecule has 21 heavy (non-hydrogen) atoms. The van der Waals surface area contributed by atoms with E-state index in [2.05, 4.69) is 4.72 Å². The summed E-state index contributed by atoms with van der Waals surface area (Å²) < 4.78 is 33.0. The Morgan fingerprint density at radius 1 is 1.19 bits per heavy atom. The molecule has 0 aliphatic rings. The molecule has 2 rings (SSSR count). The summed E-state index contributed by atoms with van der Waals surface area (Å²) in [6, 6.07) is 10.6. The molecule has 1 N–H and O–H groups in total. The van der Waals surface area contributed by atoms with E-state index in [0.717, 1.165) is 16.2 Å². The topological polar surface area (TPSA) is 55.4 Å². The van der Waals surface area contributed by atoms with Crippen LogP contribution in [0.1, 0.15) is 29.8 Å². The van der Waals surface area contributed by atoms with Crippen molar-refractivity contribution in [3.63, 3.8) is 0 Å². The van der Waals surface area contributed by atoms with E-state index in [1.807, 2.05) is 44.2 Å². The maximum Gasteiger partial charge on any atom is 0.250 e. The number of nitrogens with one attached hydrogen (secondary N) is 1. The minimum absolute atomic E-state index is 0.247. The van der Waals surface area contributed by atoms with Crippen LogP contribution >= 0.6 is 11.3 Å². The van der Waals surface area contributed by atoms with Crippen LogP contribution in [-0.4, -0.2) is 15.5 Å². The summed E-state index contributed by atoms with van der Waals surface area (Å²) in [5, 5.41) is 0. The van der Waals surface area contributed by atoms with Crippen molar-refractivity contribution in [2.45, 2.75) is 30.5 Å². The van der Waals surface area contributed by atoms with Crippen LogP contribution in [0.5, 0.6) is 5.75 Å². The second-order valence-electron chi connectivity index (χ2n) is 4.72. The number of hydrogen-bond donors (Lipinski definition) is 1. The first-order valence-electron chi connectivity index (χ1n) is 6.69. The van der Waals surface area contributed by atoms with Crippen molar-refractivity contribution in [2.75, 3.05) is 7.11 Å². The molecule has 1 atom stereocenters. The lowest BCUT2D eigenvalue weighted by molar-refractivity contribution is 0.414. The lowest BCUT2D eigenvalue weighted by atomic mass is 10.1. The van der Waals surface area contributed by atoms with E-state index in [1.165, 1.54) is 11.3 Å². The van der Waals surface area contributed by atoms with Crippen LogP contribution in [0.3, 0.4) is 0 Å². The Hall–Kier alpha value is -1.37. The van der Waals surface area contributed by atoms with Crippen molar-refractivity contribution in [3.05, 3.63) is 46.8 Å². The van der Waals surface area contributed by atoms with Gasteiger partial charge in [-0.1, -0.05) is 19.1 Å². The molecular formula is C15H19NO3S2. The fourth-order valence-electron chi connectivity index (χ4n) is 2.03. The molecule has 1 aromatic carbocycles. The predicted molar refractivity (Wildman–Crippen MR) is 85.4 cm³/mol. The van der Waals surface area contributed by atoms with Crippen molar-refractivity contribution in [1.29, 1.82) is 0 Å². The van der Waals surface area contributed by atoms with Crippen molar-refractivity contribution in [1.82, 2.24) is 4.72 Å². The number of ether oxygens (including phenoxy) is 1. The summed E-state index contributed by atoms with van der Waals surface area (Å²) in [5.41, 5.74) is 0.926. The molecule has 114 valence electrons. The zero-order chi connectivity index (χ0) is 15.5. The van der Waals surface area contributed by atoms with E-state index < -0.39 is 10.0 Å². The highest BCUT2D eigenvalue weighted by Gasteiger charge is 2.21. The number of aryl methyl sites for hydroxylation is 1. The van der Waals surface area contributed by atoms with Crippen LogP contribution in [0.2, 0.25) is 0 Å². The van der Waals surface area contributed by atoms with Gasteiger partial charge in [-0.3, -0.25) is 0 Å². The zero-order valence-electron chi connectivity index (χ0n) is 12.3.